The van der Waals surface area contributed by atoms with Crippen molar-refractivity contribution in [1.82, 2.24) is 9.55 Å². The lowest BCUT2D eigenvalue weighted by molar-refractivity contribution is 0.321. The van der Waals surface area contributed by atoms with Gasteiger partial charge in [0.2, 0.25) is 0 Å². The standard InChI is InChI=1S/C43H68N2/c1-4-6-8-10-12-14-15-16-18-20-28-34-41(42-44-35-37-45(42)36-29-21-19-17-13-11-9-7-5-2)43(3,40-32-26-23-27-33-40)38-39-30-24-22-25-31-39/h22-27,30-33,35,37,41H,4-21,28-29,34,36,38H2,1-3H3. The number of unbranched alkanes of at least 4 members (excludes halogenated alkanes) is 18. The molecule has 0 bridgehead atoms. The first-order valence-electron chi connectivity index (χ1n) is 19.3. The first kappa shape index (κ1) is 37.1. The van der Waals surface area contributed by atoms with Gasteiger partial charge in [-0.2, -0.15) is 0 Å². The number of benzene rings is 2. The molecule has 0 saturated carbocycles. The van der Waals surface area contributed by atoms with E-state index in [2.05, 4.69) is 98.4 Å². The molecule has 0 aliphatic heterocycles. The summed E-state index contributed by atoms with van der Waals surface area (Å²) in [5.74, 6) is 1.69. The molecule has 0 amide bonds. The number of hydrogen-bond donors (Lipinski definition) is 0. The number of hydrogen-bond acceptors (Lipinski definition) is 1. The topological polar surface area (TPSA) is 17.8 Å². The predicted molar refractivity (Wildman–Crippen MR) is 197 cm³/mol. The molecule has 2 heteroatoms. The van der Waals surface area contributed by atoms with E-state index in [1.54, 1.807) is 0 Å². The Morgan fingerprint density at radius 2 is 1.04 bits per heavy atom. The third-order valence-electron chi connectivity index (χ3n) is 10.3. The van der Waals surface area contributed by atoms with E-state index in [9.17, 15) is 0 Å². The summed E-state index contributed by atoms with van der Waals surface area (Å²) in [6.07, 6.45) is 34.1. The Bertz CT molecular complexity index is 1090. The van der Waals surface area contributed by atoms with Crippen molar-refractivity contribution in [2.75, 3.05) is 0 Å². The third kappa shape index (κ3) is 13.9. The summed E-state index contributed by atoms with van der Waals surface area (Å²) < 4.78 is 2.52. The van der Waals surface area contributed by atoms with Crippen LogP contribution in [0.15, 0.2) is 73.1 Å². The van der Waals surface area contributed by atoms with E-state index in [0.29, 0.717) is 5.92 Å². The normalized spacial score (nSPS) is 13.6. The van der Waals surface area contributed by atoms with Gasteiger partial charge in [0.15, 0.2) is 0 Å². The highest BCUT2D eigenvalue weighted by molar-refractivity contribution is 5.33. The van der Waals surface area contributed by atoms with Gasteiger partial charge in [-0.25, -0.2) is 4.98 Å². The number of imidazole rings is 1. The molecule has 45 heavy (non-hydrogen) atoms. The fourth-order valence-electron chi connectivity index (χ4n) is 7.42. The van der Waals surface area contributed by atoms with E-state index in [1.807, 2.05) is 0 Å². The zero-order valence-electron chi connectivity index (χ0n) is 29.7. The van der Waals surface area contributed by atoms with Gasteiger partial charge >= 0.3 is 0 Å². The molecule has 0 aliphatic rings. The number of rotatable bonds is 27. The van der Waals surface area contributed by atoms with E-state index in [-0.39, 0.29) is 5.41 Å². The van der Waals surface area contributed by atoms with Crippen LogP contribution in [0.5, 0.6) is 0 Å². The quantitative estimate of drug-likeness (QED) is 0.0783. The maximum absolute atomic E-state index is 5.14. The van der Waals surface area contributed by atoms with E-state index in [0.717, 1.165) is 13.0 Å². The summed E-state index contributed by atoms with van der Waals surface area (Å²) in [7, 11) is 0. The summed E-state index contributed by atoms with van der Waals surface area (Å²) in [4.78, 5) is 5.14. The van der Waals surface area contributed by atoms with E-state index in [4.69, 9.17) is 4.98 Å². The number of nitrogens with zero attached hydrogens (tertiary/aromatic N) is 2. The van der Waals surface area contributed by atoms with E-state index < -0.39 is 0 Å². The third-order valence-corrected chi connectivity index (χ3v) is 10.3. The molecule has 0 N–H and O–H groups in total. The Balaban J connectivity index is 1.66. The lowest BCUT2D eigenvalue weighted by Gasteiger charge is -2.39. The highest BCUT2D eigenvalue weighted by Crippen LogP contribution is 2.44. The van der Waals surface area contributed by atoms with Crippen LogP contribution < -0.4 is 0 Å². The molecule has 2 unspecified atom stereocenters. The van der Waals surface area contributed by atoms with Crippen LogP contribution in [0.4, 0.5) is 0 Å². The van der Waals surface area contributed by atoms with Gasteiger partial charge in [-0.3, -0.25) is 0 Å². The first-order valence-corrected chi connectivity index (χ1v) is 19.3. The summed E-state index contributed by atoms with van der Waals surface area (Å²) in [6, 6.07) is 22.5. The summed E-state index contributed by atoms with van der Waals surface area (Å²) in [5, 5.41) is 0. The van der Waals surface area contributed by atoms with Crippen molar-refractivity contribution in [2.45, 2.75) is 180 Å². The molecule has 1 heterocycles. The molecule has 0 spiro atoms. The molecule has 2 atom stereocenters. The summed E-state index contributed by atoms with van der Waals surface area (Å²) >= 11 is 0. The largest absolute Gasteiger partial charge is 0.335 e. The molecule has 3 aromatic rings. The van der Waals surface area contributed by atoms with Gasteiger partial charge in [-0.1, -0.05) is 203 Å². The molecule has 3 rings (SSSR count). The van der Waals surface area contributed by atoms with Gasteiger partial charge in [-0.05, 0) is 30.4 Å². The van der Waals surface area contributed by atoms with Crippen LogP contribution in [0.25, 0.3) is 0 Å². The summed E-state index contributed by atoms with van der Waals surface area (Å²) in [6.45, 7) is 8.23. The van der Waals surface area contributed by atoms with Crippen molar-refractivity contribution in [3.63, 3.8) is 0 Å². The van der Waals surface area contributed by atoms with Crippen molar-refractivity contribution in [3.05, 3.63) is 90.0 Å². The SMILES string of the molecule is CCCCCCCCCCCCCC(c1nccn1CCCCCCCCCCC)C(C)(Cc1ccccc1)c1ccccc1. The Morgan fingerprint density at radius 3 is 1.58 bits per heavy atom. The molecular weight excluding hydrogens is 544 g/mol. The maximum Gasteiger partial charge on any atom is 0.112 e. The van der Waals surface area contributed by atoms with Crippen LogP contribution in [0.3, 0.4) is 0 Å². The molecule has 0 fully saturated rings. The zero-order chi connectivity index (χ0) is 31.8. The fraction of sp³-hybridized carbons (Fsp3) is 0.651. The van der Waals surface area contributed by atoms with Crippen molar-refractivity contribution in [2.24, 2.45) is 0 Å². The highest BCUT2D eigenvalue weighted by atomic mass is 15.1. The lowest BCUT2D eigenvalue weighted by atomic mass is 9.66. The van der Waals surface area contributed by atoms with Gasteiger partial charge in [0.25, 0.3) is 0 Å². The fourth-order valence-corrected chi connectivity index (χ4v) is 7.42. The molecule has 0 aliphatic carbocycles. The Morgan fingerprint density at radius 1 is 0.578 bits per heavy atom. The van der Waals surface area contributed by atoms with Crippen molar-refractivity contribution >= 4 is 0 Å². The van der Waals surface area contributed by atoms with E-state index >= 15 is 0 Å². The second-order valence-corrected chi connectivity index (χ2v) is 14.1. The molecular formula is C43H68N2. The van der Waals surface area contributed by atoms with Crippen LogP contribution >= 0.6 is 0 Å². The second kappa shape index (κ2) is 23.0. The predicted octanol–water partition coefficient (Wildman–Crippen LogP) is 13.4. The van der Waals surface area contributed by atoms with Crippen molar-refractivity contribution < 1.29 is 0 Å². The van der Waals surface area contributed by atoms with Crippen molar-refractivity contribution in [1.29, 1.82) is 0 Å². The number of aromatic nitrogens is 2. The second-order valence-electron chi connectivity index (χ2n) is 14.1. The molecule has 0 saturated heterocycles. The Labute approximate surface area is 278 Å². The molecule has 250 valence electrons. The molecule has 0 radical (unpaired) electrons. The molecule has 2 aromatic carbocycles. The van der Waals surface area contributed by atoms with Crippen LogP contribution in [-0.4, -0.2) is 9.55 Å². The molecule has 2 nitrogen and oxygen atoms in total. The average molecular weight is 613 g/mol. The van der Waals surface area contributed by atoms with Gasteiger partial charge in [0.05, 0.1) is 0 Å². The summed E-state index contributed by atoms with van der Waals surface area (Å²) in [5.41, 5.74) is 2.84. The van der Waals surface area contributed by atoms with Gasteiger partial charge < -0.3 is 4.57 Å². The Kier molecular flexibility index (Phi) is 19.0. The maximum atomic E-state index is 5.14. The minimum Gasteiger partial charge on any atom is -0.335 e. The van der Waals surface area contributed by atoms with Gasteiger partial charge in [0, 0.05) is 30.3 Å². The lowest BCUT2D eigenvalue weighted by Crippen LogP contribution is -2.35. The zero-order valence-corrected chi connectivity index (χ0v) is 29.7. The van der Waals surface area contributed by atoms with Crippen LogP contribution in [0.2, 0.25) is 0 Å². The van der Waals surface area contributed by atoms with Crippen molar-refractivity contribution in [3.8, 4) is 0 Å². The monoisotopic (exact) mass is 613 g/mol. The minimum atomic E-state index is -0.0251. The molecule has 1 aromatic heterocycles. The highest BCUT2D eigenvalue weighted by Gasteiger charge is 2.39. The first-order chi connectivity index (χ1) is 22.2. The van der Waals surface area contributed by atoms with Gasteiger partial charge in [-0.15, -0.1) is 0 Å². The smallest absolute Gasteiger partial charge is 0.112 e. The van der Waals surface area contributed by atoms with Crippen LogP contribution in [0.1, 0.15) is 178 Å². The van der Waals surface area contributed by atoms with E-state index in [1.165, 1.54) is 152 Å². The number of aryl methyl sites for hydroxylation is 1. The van der Waals surface area contributed by atoms with Gasteiger partial charge in [0.1, 0.15) is 5.82 Å². The minimum absolute atomic E-state index is 0.0251. The Hall–Kier alpha value is -2.35. The average Bonchev–Trinajstić information content (AvgIpc) is 3.53. The van der Waals surface area contributed by atoms with Crippen LogP contribution in [-0.2, 0) is 18.4 Å². The van der Waals surface area contributed by atoms with Crippen LogP contribution in [0, 0.1) is 0 Å².